The average Bonchev–Trinajstić information content (AvgIpc) is 2.16. The Morgan fingerprint density at radius 1 is 1.25 bits per heavy atom. The first-order valence-corrected chi connectivity index (χ1v) is 5.83. The Balaban J connectivity index is 2.95. The molecule has 0 saturated heterocycles. The first-order valence-electron chi connectivity index (χ1n) is 4.35. The third-order valence-corrected chi connectivity index (χ3v) is 3.15. The molecule has 16 heavy (non-hydrogen) atoms. The van der Waals surface area contributed by atoms with Crippen molar-refractivity contribution in [1.29, 1.82) is 0 Å². The summed E-state index contributed by atoms with van der Waals surface area (Å²) < 4.78 is 50.7. The Morgan fingerprint density at radius 3 is 2.31 bits per heavy atom. The second kappa shape index (κ2) is 5.05. The van der Waals surface area contributed by atoms with Crippen LogP contribution in [0.5, 0.6) is 0 Å². The number of sulfonamides is 1. The zero-order valence-corrected chi connectivity index (χ0v) is 9.02. The van der Waals surface area contributed by atoms with E-state index in [1.165, 1.54) is 0 Å². The molecular formula is C10H9F2NO2S. The summed E-state index contributed by atoms with van der Waals surface area (Å²) in [4.78, 5) is -0.456. The van der Waals surface area contributed by atoms with Gasteiger partial charge in [0.2, 0.25) is 10.0 Å². The molecule has 0 bridgehead atoms. The van der Waals surface area contributed by atoms with Crippen molar-refractivity contribution < 1.29 is 17.2 Å². The molecule has 1 N–H and O–H groups in total. The van der Waals surface area contributed by atoms with E-state index in [4.69, 9.17) is 6.42 Å². The third kappa shape index (κ3) is 3.29. The minimum absolute atomic E-state index is 0.0248. The van der Waals surface area contributed by atoms with Gasteiger partial charge in [-0.05, 0) is 12.1 Å². The van der Waals surface area contributed by atoms with Crippen LogP contribution in [0.25, 0.3) is 0 Å². The fourth-order valence-electron chi connectivity index (χ4n) is 1.02. The Kier molecular flexibility index (Phi) is 3.99. The van der Waals surface area contributed by atoms with Crippen LogP contribution in [0, 0.1) is 24.0 Å². The monoisotopic (exact) mass is 245 g/mol. The molecule has 0 aliphatic heterocycles. The Morgan fingerprint density at radius 2 is 1.81 bits per heavy atom. The minimum Gasteiger partial charge on any atom is -0.210 e. The predicted octanol–water partition coefficient (Wildman–Crippen LogP) is 1.27. The number of nitrogens with one attached hydrogen (secondary N) is 1. The van der Waals surface area contributed by atoms with Gasteiger partial charge in [-0.1, -0.05) is 0 Å². The highest BCUT2D eigenvalue weighted by Crippen LogP contribution is 2.13. The molecule has 1 aromatic carbocycles. The number of rotatable bonds is 4. The lowest BCUT2D eigenvalue weighted by Gasteiger charge is -2.05. The molecule has 6 heteroatoms. The molecule has 1 rings (SSSR count). The van der Waals surface area contributed by atoms with Crippen molar-refractivity contribution in [1.82, 2.24) is 4.72 Å². The zero-order chi connectivity index (χ0) is 12.2. The van der Waals surface area contributed by atoms with Crippen molar-refractivity contribution in [2.45, 2.75) is 11.3 Å². The van der Waals surface area contributed by atoms with Gasteiger partial charge in [0, 0.05) is 19.0 Å². The van der Waals surface area contributed by atoms with Crippen LogP contribution < -0.4 is 4.72 Å². The van der Waals surface area contributed by atoms with Gasteiger partial charge >= 0.3 is 0 Å². The summed E-state index contributed by atoms with van der Waals surface area (Å²) in [5.74, 6) is 0.346. The molecule has 0 amide bonds. The summed E-state index contributed by atoms with van der Waals surface area (Å²) in [6.07, 6.45) is 5.15. The van der Waals surface area contributed by atoms with Gasteiger partial charge in [-0.2, -0.15) is 0 Å². The van der Waals surface area contributed by atoms with E-state index < -0.39 is 26.6 Å². The first-order chi connectivity index (χ1) is 7.45. The van der Waals surface area contributed by atoms with Crippen molar-refractivity contribution >= 4 is 10.0 Å². The van der Waals surface area contributed by atoms with Crippen molar-refractivity contribution in [2.75, 3.05) is 6.54 Å². The first kappa shape index (κ1) is 12.6. The fraction of sp³-hybridized carbons (Fsp3) is 0.200. The minimum atomic E-state index is -3.90. The van der Waals surface area contributed by atoms with Crippen LogP contribution in [0.4, 0.5) is 8.78 Å². The van der Waals surface area contributed by atoms with E-state index in [0.717, 1.165) is 12.1 Å². The standard InChI is InChI=1S/C10H9F2NO2S/c1-2-3-4-13-16(14,15)10-6-8(11)5-9(12)7-10/h1,5-7,13H,3-4H2. The Hall–Kier alpha value is -1.45. The number of hydrogen-bond donors (Lipinski definition) is 1. The average molecular weight is 245 g/mol. The molecular weight excluding hydrogens is 236 g/mol. The largest absolute Gasteiger partial charge is 0.240 e. The van der Waals surface area contributed by atoms with E-state index in [2.05, 4.69) is 10.6 Å². The summed E-state index contributed by atoms with van der Waals surface area (Å²) >= 11 is 0. The maximum atomic E-state index is 12.8. The zero-order valence-electron chi connectivity index (χ0n) is 8.20. The summed E-state index contributed by atoms with van der Waals surface area (Å²) in [6.45, 7) is 0.0248. The van der Waals surface area contributed by atoms with Gasteiger partial charge < -0.3 is 0 Å². The van der Waals surface area contributed by atoms with Gasteiger partial charge in [0.15, 0.2) is 0 Å². The molecule has 0 fully saturated rings. The Labute approximate surface area is 92.5 Å². The van der Waals surface area contributed by atoms with Gasteiger partial charge in [0.25, 0.3) is 0 Å². The van der Waals surface area contributed by atoms with Crippen LogP contribution in [0.2, 0.25) is 0 Å². The molecule has 0 atom stereocenters. The molecule has 0 unspecified atom stereocenters. The molecule has 86 valence electrons. The second-order valence-electron chi connectivity index (χ2n) is 2.96. The van der Waals surface area contributed by atoms with Crippen molar-refractivity contribution in [2.24, 2.45) is 0 Å². The van der Waals surface area contributed by atoms with Crippen molar-refractivity contribution in [3.05, 3.63) is 29.8 Å². The van der Waals surface area contributed by atoms with Crippen LogP contribution >= 0.6 is 0 Å². The SMILES string of the molecule is C#CCCNS(=O)(=O)c1cc(F)cc(F)c1. The molecule has 0 heterocycles. The molecule has 0 radical (unpaired) electrons. The quantitative estimate of drug-likeness (QED) is 0.641. The van der Waals surface area contributed by atoms with Gasteiger partial charge in [0.05, 0.1) is 4.90 Å². The number of halogens is 2. The van der Waals surface area contributed by atoms with E-state index in [9.17, 15) is 17.2 Å². The van der Waals surface area contributed by atoms with E-state index >= 15 is 0 Å². The Bertz CT molecular complexity index is 500. The van der Waals surface area contributed by atoms with Crippen LogP contribution in [-0.4, -0.2) is 15.0 Å². The molecule has 0 aliphatic carbocycles. The van der Waals surface area contributed by atoms with E-state index in [-0.39, 0.29) is 13.0 Å². The van der Waals surface area contributed by atoms with Crippen molar-refractivity contribution in [3.63, 3.8) is 0 Å². The van der Waals surface area contributed by atoms with E-state index in [1.54, 1.807) is 0 Å². The van der Waals surface area contributed by atoms with E-state index in [0.29, 0.717) is 6.07 Å². The van der Waals surface area contributed by atoms with Gasteiger partial charge in [0.1, 0.15) is 11.6 Å². The highest BCUT2D eigenvalue weighted by atomic mass is 32.2. The lowest BCUT2D eigenvalue weighted by Crippen LogP contribution is -2.24. The van der Waals surface area contributed by atoms with Gasteiger partial charge in [-0.25, -0.2) is 21.9 Å². The number of terminal acetylenes is 1. The highest BCUT2D eigenvalue weighted by molar-refractivity contribution is 7.89. The molecule has 1 aromatic rings. The maximum Gasteiger partial charge on any atom is 0.240 e. The van der Waals surface area contributed by atoms with Crippen LogP contribution in [0.3, 0.4) is 0 Å². The maximum absolute atomic E-state index is 12.8. The summed E-state index contributed by atoms with van der Waals surface area (Å²) in [6, 6.07) is 2.07. The molecule has 0 spiro atoms. The topological polar surface area (TPSA) is 46.2 Å². The van der Waals surface area contributed by atoms with Gasteiger partial charge in [-0.15, -0.1) is 12.3 Å². The normalized spacial score (nSPS) is 11.1. The summed E-state index contributed by atoms with van der Waals surface area (Å²) in [7, 11) is -3.90. The molecule has 0 aliphatic rings. The molecule has 0 aromatic heterocycles. The number of hydrogen-bond acceptors (Lipinski definition) is 2. The second-order valence-corrected chi connectivity index (χ2v) is 4.72. The fourth-order valence-corrected chi connectivity index (χ4v) is 2.10. The highest BCUT2D eigenvalue weighted by Gasteiger charge is 2.15. The van der Waals surface area contributed by atoms with Crippen LogP contribution in [0.15, 0.2) is 23.1 Å². The molecule has 0 saturated carbocycles. The summed E-state index contributed by atoms with van der Waals surface area (Å²) in [5.41, 5.74) is 0. The van der Waals surface area contributed by atoms with Crippen LogP contribution in [-0.2, 0) is 10.0 Å². The number of benzene rings is 1. The lowest BCUT2D eigenvalue weighted by molar-refractivity contribution is 0.561. The summed E-state index contributed by atoms with van der Waals surface area (Å²) in [5, 5.41) is 0. The smallest absolute Gasteiger partial charge is 0.210 e. The van der Waals surface area contributed by atoms with Crippen molar-refractivity contribution in [3.8, 4) is 12.3 Å². The van der Waals surface area contributed by atoms with Crippen LogP contribution in [0.1, 0.15) is 6.42 Å². The van der Waals surface area contributed by atoms with Gasteiger partial charge in [-0.3, -0.25) is 0 Å². The molecule has 3 nitrogen and oxygen atoms in total. The predicted molar refractivity (Wildman–Crippen MR) is 55.0 cm³/mol. The third-order valence-electron chi connectivity index (χ3n) is 1.71. The lowest BCUT2D eigenvalue weighted by atomic mass is 10.3. The van der Waals surface area contributed by atoms with E-state index in [1.807, 2.05) is 0 Å².